The van der Waals surface area contributed by atoms with Gasteiger partial charge in [-0.2, -0.15) is 0 Å². The summed E-state index contributed by atoms with van der Waals surface area (Å²) in [5.41, 5.74) is 0.364. The summed E-state index contributed by atoms with van der Waals surface area (Å²) in [7, 11) is 3.02. The van der Waals surface area contributed by atoms with Gasteiger partial charge in [0.25, 0.3) is 5.91 Å². The van der Waals surface area contributed by atoms with Crippen LogP contribution in [0.2, 0.25) is 0 Å². The number of anilines is 1. The van der Waals surface area contributed by atoms with Gasteiger partial charge in [0.2, 0.25) is 5.91 Å². The van der Waals surface area contributed by atoms with Gasteiger partial charge in [-0.25, -0.2) is 0 Å². The van der Waals surface area contributed by atoms with E-state index in [0.717, 1.165) is 0 Å². The Bertz CT molecular complexity index is 743. The molecule has 8 heteroatoms. The SMILES string of the molecule is COc1ccc(C(=O)N(CC(=O)Nc2ccon2)CC(C)C)c(OC)c1. The number of carbonyl (C=O) groups is 2. The predicted molar refractivity (Wildman–Crippen MR) is 95.4 cm³/mol. The molecule has 0 bridgehead atoms. The number of benzene rings is 1. The van der Waals surface area contributed by atoms with Crippen molar-refractivity contribution in [1.82, 2.24) is 10.1 Å². The lowest BCUT2D eigenvalue weighted by Crippen LogP contribution is -2.40. The molecule has 8 nitrogen and oxygen atoms in total. The number of rotatable bonds is 8. The Morgan fingerprint density at radius 2 is 2.00 bits per heavy atom. The highest BCUT2D eigenvalue weighted by molar-refractivity contribution is 6.00. The molecule has 0 radical (unpaired) electrons. The van der Waals surface area contributed by atoms with Crippen LogP contribution >= 0.6 is 0 Å². The first-order valence-electron chi connectivity index (χ1n) is 8.16. The summed E-state index contributed by atoms with van der Waals surface area (Å²) in [5, 5.41) is 6.22. The second-order valence-corrected chi connectivity index (χ2v) is 6.08. The van der Waals surface area contributed by atoms with Crippen molar-refractivity contribution in [3.63, 3.8) is 0 Å². The van der Waals surface area contributed by atoms with Crippen LogP contribution in [0.25, 0.3) is 0 Å². The molecule has 0 saturated carbocycles. The van der Waals surface area contributed by atoms with E-state index in [1.54, 1.807) is 18.2 Å². The Hall–Kier alpha value is -3.03. The Kier molecular flexibility index (Phi) is 6.60. The number of methoxy groups -OCH3 is 2. The van der Waals surface area contributed by atoms with Gasteiger partial charge in [-0.3, -0.25) is 9.59 Å². The number of nitrogens with one attached hydrogen (secondary N) is 1. The van der Waals surface area contributed by atoms with Crippen LogP contribution in [0.15, 0.2) is 35.1 Å². The summed E-state index contributed by atoms with van der Waals surface area (Å²) in [6.45, 7) is 4.25. The molecule has 0 unspecified atom stereocenters. The molecule has 0 aliphatic rings. The van der Waals surface area contributed by atoms with Crippen LogP contribution in [0.1, 0.15) is 24.2 Å². The molecule has 2 amide bonds. The van der Waals surface area contributed by atoms with Crippen LogP contribution in [0.5, 0.6) is 11.5 Å². The summed E-state index contributed by atoms with van der Waals surface area (Å²) >= 11 is 0. The van der Waals surface area contributed by atoms with Crippen molar-refractivity contribution in [2.24, 2.45) is 5.92 Å². The highest BCUT2D eigenvalue weighted by Crippen LogP contribution is 2.26. The minimum Gasteiger partial charge on any atom is -0.497 e. The molecule has 0 aliphatic carbocycles. The largest absolute Gasteiger partial charge is 0.497 e. The van der Waals surface area contributed by atoms with Gasteiger partial charge in [0, 0.05) is 18.7 Å². The van der Waals surface area contributed by atoms with E-state index in [9.17, 15) is 9.59 Å². The van der Waals surface area contributed by atoms with E-state index in [2.05, 4.69) is 15.0 Å². The third-order valence-corrected chi connectivity index (χ3v) is 3.55. The molecule has 2 rings (SSSR count). The van der Waals surface area contributed by atoms with Gasteiger partial charge >= 0.3 is 0 Å². The zero-order valence-electron chi connectivity index (χ0n) is 15.3. The smallest absolute Gasteiger partial charge is 0.258 e. The molecule has 0 aliphatic heterocycles. The molecule has 1 N–H and O–H groups in total. The van der Waals surface area contributed by atoms with Crippen molar-refractivity contribution >= 4 is 17.6 Å². The van der Waals surface area contributed by atoms with E-state index < -0.39 is 0 Å². The van der Waals surface area contributed by atoms with Crippen LogP contribution in [-0.2, 0) is 4.79 Å². The zero-order valence-corrected chi connectivity index (χ0v) is 15.3. The lowest BCUT2D eigenvalue weighted by molar-refractivity contribution is -0.117. The van der Waals surface area contributed by atoms with E-state index in [1.165, 1.54) is 31.4 Å². The number of aromatic nitrogens is 1. The molecule has 140 valence electrons. The molecule has 1 aromatic heterocycles. The number of carbonyl (C=O) groups excluding carboxylic acids is 2. The van der Waals surface area contributed by atoms with E-state index in [1.807, 2.05) is 13.8 Å². The van der Waals surface area contributed by atoms with Crippen molar-refractivity contribution in [3.05, 3.63) is 36.1 Å². The summed E-state index contributed by atoms with van der Waals surface area (Å²) in [6, 6.07) is 6.47. The summed E-state index contributed by atoms with van der Waals surface area (Å²) in [5.74, 6) is 0.795. The minimum absolute atomic E-state index is 0.112. The molecule has 0 fully saturated rings. The Morgan fingerprint density at radius 3 is 2.58 bits per heavy atom. The fourth-order valence-corrected chi connectivity index (χ4v) is 2.44. The molecule has 0 saturated heterocycles. The third-order valence-electron chi connectivity index (χ3n) is 3.55. The first-order valence-corrected chi connectivity index (χ1v) is 8.16. The Labute approximate surface area is 152 Å². The normalized spacial score (nSPS) is 10.5. The molecular formula is C18H23N3O5. The summed E-state index contributed by atoms with van der Waals surface area (Å²) < 4.78 is 15.1. The molecule has 1 aromatic carbocycles. The molecule has 0 spiro atoms. The fourth-order valence-electron chi connectivity index (χ4n) is 2.44. The van der Waals surface area contributed by atoms with Gasteiger partial charge < -0.3 is 24.2 Å². The van der Waals surface area contributed by atoms with Gasteiger partial charge in [-0.15, -0.1) is 0 Å². The molecule has 2 aromatic rings. The molecule has 26 heavy (non-hydrogen) atoms. The minimum atomic E-state index is -0.361. The quantitative estimate of drug-likeness (QED) is 0.776. The first-order chi connectivity index (χ1) is 12.4. The van der Waals surface area contributed by atoms with Crippen LogP contribution in [-0.4, -0.2) is 49.2 Å². The van der Waals surface area contributed by atoms with Crippen molar-refractivity contribution in [1.29, 1.82) is 0 Å². The lowest BCUT2D eigenvalue weighted by atomic mass is 10.1. The van der Waals surface area contributed by atoms with Crippen LogP contribution in [0.3, 0.4) is 0 Å². The topological polar surface area (TPSA) is 93.9 Å². The van der Waals surface area contributed by atoms with Gasteiger partial charge in [-0.05, 0) is 18.1 Å². The van der Waals surface area contributed by atoms with Gasteiger partial charge in [-0.1, -0.05) is 19.0 Å². The van der Waals surface area contributed by atoms with E-state index in [-0.39, 0.29) is 24.3 Å². The maximum atomic E-state index is 13.0. The summed E-state index contributed by atoms with van der Waals surface area (Å²) in [6.07, 6.45) is 1.36. The number of hydrogen-bond donors (Lipinski definition) is 1. The third kappa shape index (κ3) is 4.98. The van der Waals surface area contributed by atoms with Crippen molar-refractivity contribution in [2.45, 2.75) is 13.8 Å². The lowest BCUT2D eigenvalue weighted by Gasteiger charge is -2.24. The van der Waals surface area contributed by atoms with Crippen LogP contribution in [0, 0.1) is 5.92 Å². The van der Waals surface area contributed by atoms with Gasteiger partial charge in [0.05, 0.1) is 19.8 Å². The molecule has 0 atom stereocenters. The standard InChI is InChI=1S/C18H23N3O5/c1-12(2)10-21(11-17(22)19-16-7-8-26-20-16)18(23)14-6-5-13(24-3)9-15(14)25-4/h5-9,12H,10-11H2,1-4H3,(H,19,20,22). The maximum absolute atomic E-state index is 13.0. The predicted octanol–water partition coefficient (Wildman–Crippen LogP) is 2.43. The zero-order chi connectivity index (χ0) is 19.1. The van der Waals surface area contributed by atoms with Gasteiger partial charge in [0.1, 0.15) is 24.3 Å². The first kappa shape index (κ1) is 19.3. The van der Waals surface area contributed by atoms with Crippen molar-refractivity contribution < 1.29 is 23.6 Å². The van der Waals surface area contributed by atoms with E-state index in [4.69, 9.17) is 9.47 Å². The number of nitrogens with zero attached hydrogens (tertiary/aromatic N) is 2. The monoisotopic (exact) mass is 361 g/mol. The fraction of sp³-hybridized carbons (Fsp3) is 0.389. The highest BCUT2D eigenvalue weighted by Gasteiger charge is 2.23. The van der Waals surface area contributed by atoms with E-state index in [0.29, 0.717) is 29.4 Å². The van der Waals surface area contributed by atoms with Crippen molar-refractivity contribution in [2.75, 3.05) is 32.6 Å². The second-order valence-electron chi connectivity index (χ2n) is 6.08. The highest BCUT2D eigenvalue weighted by atomic mass is 16.5. The molecular weight excluding hydrogens is 338 g/mol. The summed E-state index contributed by atoms with van der Waals surface area (Å²) in [4.78, 5) is 26.7. The maximum Gasteiger partial charge on any atom is 0.258 e. The second kappa shape index (κ2) is 8.89. The van der Waals surface area contributed by atoms with Gasteiger partial charge in [0.15, 0.2) is 5.82 Å². The number of amides is 2. The van der Waals surface area contributed by atoms with Crippen LogP contribution < -0.4 is 14.8 Å². The molecule has 1 heterocycles. The number of ether oxygens (including phenoxy) is 2. The van der Waals surface area contributed by atoms with E-state index >= 15 is 0 Å². The Balaban J connectivity index is 2.19. The van der Waals surface area contributed by atoms with Crippen molar-refractivity contribution in [3.8, 4) is 11.5 Å². The average Bonchev–Trinajstić information content (AvgIpc) is 3.12. The van der Waals surface area contributed by atoms with Crippen LogP contribution in [0.4, 0.5) is 5.82 Å². The Morgan fingerprint density at radius 1 is 1.23 bits per heavy atom. The number of hydrogen-bond acceptors (Lipinski definition) is 6. The average molecular weight is 361 g/mol.